The average molecular weight is 296 g/mol. The Morgan fingerprint density at radius 2 is 1.67 bits per heavy atom. The first-order valence-electron chi connectivity index (χ1n) is 5.65. The topological polar surface area (TPSA) is 37.4 Å². The van der Waals surface area contributed by atoms with E-state index in [1.165, 1.54) is 0 Å². The van der Waals surface area contributed by atoms with E-state index in [1.54, 1.807) is 4.31 Å². The van der Waals surface area contributed by atoms with E-state index in [4.69, 9.17) is 0 Å². The van der Waals surface area contributed by atoms with Crippen molar-refractivity contribution in [3.63, 3.8) is 0 Å². The lowest BCUT2D eigenvalue weighted by Gasteiger charge is -2.30. The molecule has 0 aromatic rings. The molecule has 88 valence electrons. The van der Waals surface area contributed by atoms with E-state index in [-0.39, 0.29) is 0 Å². The van der Waals surface area contributed by atoms with Crippen LogP contribution in [-0.4, -0.2) is 36.9 Å². The van der Waals surface area contributed by atoms with Gasteiger partial charge in [0.2, 0.25) is 10.0 Å². The third-order valence-electron chi connectivity index (χ3n) is 3.33. The summed E-state index contributed by atoms with van der Waals surface area (Å²) in [4.78, 5) is 0. The van der Waals surface area contributed by atoms with Crippen LogP contribution < -0.4 is 0 Å². The van der Waals surface area contributed by atoms with Crippen molar-refractivity contribution in [2.75, 3.05) is 24.2 Å². The third kappa shape index (κ3) is 3.17. The zero-order chi connectivity index (χ0) is 10.9. The predicted molar refractivity (Wildman–Crippen MR) is 64.6 cm³/mol. The Labute approximate surface area is 100 Å². The minimum atomic E-state index is -2.93. The van der Waals surface area contributed by atoms with Gasteiger partial charge in [0.25, 0.3) is 0 Å². The Bertz CT molecular complexity index is 305. The van der Waals surface area contributed by atoms with Crippen LogP contribution >= 0.6 is 15.9 Å². The highest BCUT2D eigenvalue weighted by molar-refractivity contribution is 9.09. The fourth-order valence-electron chi connectivity index (χ4n) is 2.03. The van der Waals surface area contributed by atoms with E-state index in [0.717, 1.165) is 44.1 Å². The highest BCUT2D eigenvalue weighted by Gasteiger charge is 2.33. The molecule has 1 heterocycles. The summed E-state index contributed by atoms with van der Waals surface area (Å²) in [6, 6.07) is 0. The van der Waals surface area contributed by atoms with E-state index in [0.29, 0.717) is 17.6 Å². The predicted octanol–water partition coefficient (Wildman–Crippen LogP) is 1.83. The van der Waals surface area contributed by atoms with E-state index in [9.17, 15) is 8.42 Å². The number of piperidine rings is 1. The highest BCUT2D eigenvalue weighted by Crippen LogP contribution is 2.32. The number of halogens is 1. The van der Waals surface area contributed by atoms with Crippen LogP contribution in [0, 0.1) is 11.8 Å². The van der Waals surface area contributed by atoms with Crippen molar-refractivity contribution in [3.05, 3.63) is 0 Å². The zero-order valence-electron chi connectivity index (χ0n) is 8.86. The summed E-state index contributed by atoms with van der Waals surface area (Å²) < 4.78 is 25.6. The monoisotopic (exact) mass is 295 g/mol. The van der Waals surface area contributed by atoms with Gasteiger partial charge in [0.15, 0.2) is 0 Å². The highest BCUT2D eigenvalue weighted by atomic mass is 79.9. The van der Waals surface area contributed by atoms with Gasteiger partial charge in [-0.2, -0.15) is 0 Å². The first-order chi connectivity index (χ1) is 7.12. The molecule has 0 spiro atoms. The number of rotatable bonds is 4. The number of nitrogens with zero attached hydrogens (tertiary/aromatic N) is 1. The molecule has 0 unspecified atom stereocenters. The first kappa shape index (κ1) is 11.9. The molecular formula is C10H18BrNO2S. The minimum Gasteiger partial charge on any atom is -0.212 e. The van der Waals surface area contributed by atoms with Crippen molar-refractivity contribution >= 4 is 26.0 Å². The van der Waals surface area contributed by atoms with E-state index >= 15 is 0 Å². The molecule has 2 fully saturated rings. The second-order valence-corrected chi connectivity index (χ2v) is 7.38. The van der Waals surface area contributed by atoms with Gasteiger partial charge in [-0.25, -0.2) is 12.7 Å². The summed E-state index contributed by atoms with van der Waals surface area (Å²) in [6.45, 7) is 1.46. The van der Waals surface area contributed by atoms with Crippen LogP contribution in [0.1, 0.15) is 25.7 Å². The molecule has 2 rings (SSSR count). The van der Waals surface area contributed by atoms with Crippen LogP contribution in [0.15, 0.2) is 0 Å². The molecule has 5 heteroatoms. The number of sulfonamides is 1. The van der Waals surface area contributed by atoms with Gasteiger partial charge in [-0.1, -0.05) is 15.9 Å². The van der Waals surface area contributed by atoms with E-state index in [1.807, 2.05) is 0 Å². The Kier molecular flexibility index (Phi) is 3.73. The lowest BCUT2D eigenvalue weighted by molar-refractivity contribution is 0.291. The summed E-state index contributed by atoms with van der Waals surface area (Å²) in [6.07, 6.45) is 4.23. The van der Waals surface area contributed by atoms with Crippen molar-refractivity contribution in [2.24, 2.45) is 11.8 Å². The van der Waals surface area contributed by atoms with Crippen molar-refractivity contribution in [1.82, 2.24) is 4.31 Å². The van der Waals surface area contributed by atoms with Crippen molar-refractivity contribution < 1.29 is 8.42 Å². The Morgan fingerprint density at radius 3 is 2.13 bits per heavy atom. The lowest BCUT2D eigenvalue weighted by atomic mass is 10.0. The number of alkyl halides is 1. The van der Waals surface area contributed by atoms with Gasteiger partial charge < -0.3 is 0 Å². The summed E-state index contributed by atoms with van der Waals surface area (Å²) >= 11 is 3.46. The molecule has 0 atom stereocenters. The maximum Gasteiger partial charge on any atom is 0.214 e. The molecule has 1 aliphatic heterocycles. The average Bonchev–Trinajstić information content (AvgIpc) is 3.01. The van der Waals surface area contributed by atoms with Crippen molar-refractivity contribution in [1.29, 1.82) is 0 Å². The van der Waals surface area contributed by atoms with Gasteiger partial charge in [-0.3, -0.25) is 0 Å². The van der Waals surface area contributed by atoms with Gasteiger partial charge in [0.1, 0.15) is 0 Å². The second kappa shape index (κ2) is 4.72. The molecule has 1 saturated carbocycles. The van der Waals surface area contributed by atoms with Gasteiger partial charge in [-0.15, -0.1) is 0 Å². The molecule has 1 saturated heterocycles. The largest absolute Gasteiger partial charge is 0.214 e. The van der Waals surface area contributed by atoms with Gasteiger partial charge in [-0.05, 0) is 37.5 Å². The van der Waals surface area contributed by atoms with Crippen LogP contribution in [0.4, 0.5) is 0 Å². The molecule has 0 radical (unpaired) electrons. The Hall–Kier alpha value is 0.390. The molecule has 0 N–H and O–H groups in total. The summed E-state index contributed by atoms with van der Waals surface area (Å²) in [5, 5.41) is 1.00. The quantitative estimate of drug-likeness (QED) is 0.742. The molecule has 0 bridgehead atoms. The maximum absolute atomic E-state index is 11.9. The molecule has 15 heavy (non-hydrogen) atoms. The molecule has 2 aliphatic rings. The van der Waals surface area contributed by atoms with Crippen LogP contribution in [0.2, 0.25) is 0 Å². The van der Waals surface area contributed by atoms with E-state index in [2.05, 4.69) is 15.9 Å². The summed E-state index contributed by atoms with van der Waals surface area (Å²) in [7, 11) is -2.93. The fourth-order valence-corrected chi connectivity index (χ4v) is 4.58. The fraction of sp³-hybridized carbons (Fsp3) is 1.00. The summed E-state index contributed by atoms with van der Waals surface area (Å²) in [5.41, 5.74) is 0. The van der Waals surface area contributed by atoms with Crippen LogP contribution in [-0.2, 0) is 10.0 Å². The third-order valence-corrected chi connectivity index (χ3v) is 6.29. The molecule has 3 nitrogen and oxygen atoms in total. The SMILES string of the molecule is O=S(=O)(CC1CC1)N1CCC(CBr)CC1. The van der Waals surface area contributed by atoms with Crippen LogP contribution in [0.3, 0.4) is 0 Å². The van der Waals surface area contributed by atoms with Gasteiger partial charge in [0, 0.05) is 18.4 Å². The smallest absolute Gasteiger partial charge is 0.212 e. The van der Waals surface area contributed by atoms with Gasteiger partial charge in [0.05, 0.1) is 5.75 Å². The van der Waals surface area contributed by atoms with Crippen LogP contribution in [0.25, 0.3) is 0 Å². The minimum absolute atomic E-state index is 0.395. The Morgan fingerprint density at radius 1 is 1.07 bits per heavy atom. The number of hydrogen-bond donors (Lipinski definition) is 0. The number of hydrogen-bond acceptors (Lipinski definition) is 2. The molecule has 0 amide bonds. The maximum atomic E-state index is 11.9. The van der Waals surface area contributed by atoms with E-state index < -0.39 is 10.0 Å². The second-order valence-electron chi connectivity index (χ2n) is 4.72. The molecule has 1 aliphatic carbocycles. The van der Waals surface area contributed by atoms with Crippen molar-refractivity contribution in [2.45, 2.75) is 25.7 Å². The molecule has 0 aromatic heterocycles. The Balaban J connectivity index is 1.88. The van der Waals surface area contributed by atoms with Crippen molar-refractivity contribution in [3.8, 4) is 0 Å². The molecule has 0 aromatic carbocycles. The van der Waals surface area contributed by atoms with Gasteiger partial charge >= 0.3 is 0 Å². The lowest BCUT2D eigenvalue weighted by Crippen LogP contribution is -2.40. The summed E-state index contributed by atoms with van der Waals surface area (Å²) in [5.74, 6) is 1.52. The van der Waals surface area contributed by atoms with Crippen LogP contribution in [0.5, 0.6) is 0 Å². The standard InChI is InChI=1S/C10H18BrNO2S/c11-7-9-3-5-12(6-4-9)15(13,14)8-10-1-2-10/h9-10H,1-8H2. The zero-order valence-corrected chi connectivity index (χ0v) is 11.3. The normalized spacial score (nSPS) is 25.7. The first-order valence-corrected chi connectivity index (χ1v) is 8.38. The molecular weight excluding hydrogens is 278 g/mol.